The number of pyridine rings is 1. The molecule has 3 rings (SSSR count). The van der Waals surface area contributed by atoms with Crippen LogP contribution in [0.1, 0.15) is 23.7 Å². The van der Waals surface area contributed by atoms with Gasteiger partial charge in [0.2, 0.25) is 0 Å². The zero-order valence-corrected chi connectivity index (χ0v) is 20.6. The lowest BCUT2D eigenvalue weighted by Crippen LogP contribution is -2.53. The van der Waals surface area contributed by atoms with Crippen molar-refractivity contribution in [2.75, 3.05) is 26.4 Å². The Kier molecular flexibility index (Phi) is 8.92. The minimum absolute atomic E-state index is 0.00856. The van der Waals surface area contributed by atoms with E-state index in [1.54, 1.807) is 6.92 Å². The van der Waals surface area contributed by atoms with Gasteiger partial charge >= 0.3 is 0 Å². The molecule has 0 spiro atoms. The molecule has 174 valence electrons. The fourth-order valence-corrected chi connectivity index (χ4v) is 3.65. The maximum absolute atomic E-state index is 12.9. The Balaban J connectivity index is 1.90. The van der Waals surface area contributed by atoms with Gasteiger partial charge in [-0.2, -0.15) is 0 Å². The number of hydrogen-bond acceptors (Lipinski definition) is 6. The largest absolute Gasteiger partial charge is 0.509 e. The molecule has 2 heterocycles. The van der Waals surface area contributed by atoms with Crippen LogP contribution in [-0.2, 0) is 26.6 Å². The minimum atomic E-state index is -2.39. The predicted octanol–water partition coefficient (Wildman–Crippen LogP) is -1.82. The summed E-state index contributed by atoms with van der Waals surface area (Å²) in [6.45, 7) is 3.13. The lowest BCUT2D eigenvalue weighted by Gasteiger charge is -2.44. The van der Waals surface area contributed by atoms with Crippen molar-refractivity contribution in [3.8, 4) is 11.6 Å². The summed E-state index contributed by atoms with van der Waals surface area (Å²) in [6.07, 6.45) is -0.0690. The molecule has 2 aromatic rings. The molecule has 2 unspecified atom stereocenters. The molecule has 1 aromatic carbocycles. The van der Waals surface area contributed by atoms with Crippen molar-refractivity contribution >= 4 is 62.8 Å². The summed E-state index contributed by atoms with van der Waals surface area (Å²) >= 11 is 0. The van der Waals surface area contributed by atoms with Crippen molar-refractivity contribution in [3.63, 3.8) is 0 Å². The first-order chi connectivity index (χ1) is 17.1. The van der Waals surface area contributed by atoms with Gasteiger partial charge in [0.15, 0.2) is 11.3 Å². The van der Waals surface area contributed by atoms with Gasteiger partial charge in [-0.25, -0.2) is 0 Å². The van der Waals surface area contributed by atoms with Gasteiger partial charge in [0.25, 0.3) is 0 Å². The van der Waals surface area contributed by atoms with E-state index in [-0.39, 0.29) is 47.6 Å². The molecular formula is C22H21B8NO6. The van der Waals surface area contributed by atoms with E-state index in [4.69, 9.17) is 81.7 Å². The highest BCUT2D eigenvalue weighted by atomic mass is 16.6. The van der Waals surface area contributed by atoms with Gasteiger partial charge in [0.05, 0.1) is 59.1 Å². The van der Waals surface area contributed by atoms with E-state index in [1.165, 1.54) is 30.3 Å². The summed E-state index contributed by atoms with van der Waals surface area (Å²) in [5.41, 5.74) is -2.50. The third-order valence-electron chi connectivity index (χ3n) is 6.08. The van der Waals surface area contributed by atoms with Gasteiger partial charge in [-0.05, 0) is 29.3 Å². The van der Waals surface area contributed by atoms with Crippen LogP contribution in [0.2, 0.25) is 5.11 Å². The minimum Gasteiger partial charge on any atom is -0.509 e. The number of hydrogen-bond donors (Lipinski definition) is 2. The molecule has 1 aliphatic heterocycles. The number of ether oxygens (including phenoxy) is 4. The molecule has 1 fully saturated rings. The van der Waals surface area contributed by atoms with E-state index >= 15 is 0 Å². The molecule has 37 heavy (non-hydrogen) atoms. The van der Waals surface area contributed by atoms with Gasteiger partial charge in [-0.3, -0.25) is 4.79 Å². The first-order valence-electron chi connectivity index (χ1n) is 11.5. The SMILES string of the molecule is [B]C([B])([B])C([B])([B])Oc1ccc(C([B])(O)C([B])([B])c2[nH]c(OCC3COCCO3)cc(=O)c2CC)cc1. The number of nitrogens with one attached hydrogen (secondary N) is 1. The normalized spacial score (nSPS) is 18.6. The van der Waals surface area contributed by atoms with Crippen LogP contribution in [-0.4, -0.2) is 111 Å². The highest BCUT2D eigenvalue weighted by molar-refractivity contribution is 6.66. The summed E-state index contributed by atoms with van der Waals surface area (Å²) in [7, 11) is 47.1. The van der Waals surface area contributed by atoms with E-state index in [9.17, 15) is 9.90 Å². The van der Waals surface area contributed by atoms with Crippen LogP contribution in [0, 0.1) is 0 Å². The van der Waals surface area contributed by atoms with Crippen LogP contribution in [0.15, 0.2) is 35.1 Å². The van der Waals surface area contributed by atoms with Crippen LogP contribution in [0.25, 0.3) is 0 Å². The van der Waals surface area contributed by atoms with Crippen LogP contribution < -0.4 is 14.9 Å². The van der Waals surface area contributed by atoms with E-state index in [0.29, 0.717) is 19.8 Å². The number of aliphatic hydroxyl groups is 1. The number of aromatic nitrogens is 1. The first-order valence-corrected chi connectivity index (χ1v) is 11.5. The summed E-state index contributed by atoms with van der Waals surface area (Å²) in [6, 6.07) is 6.75. The van der Waals surface area contributed by atoms with E-state index in [0.717, 1.165) is 0 Å². The van der Waals surface area contributed by atoms with Gasteiger partial charge < -0.3 is 29.0 Å². The standard InChI is InChI=1S/C22H21B8NO6/c1-2-15-16(32)9-17(36-11-14-10-34-7-8-35-14)31-18(15)19(23,24)20(25,33)12-3-5-13(6-4-12)37-22(29,30)21(26,27)28/h3-6,9,14,33H,2,7-8,10-11H2,1H3,(H,31,32). The third-order valence-corrected chi connectivity index (χ3v) is 6.08. The van der Waals surface area contributed by atoms with Crippen LogP contribution in [0.5, 0.6) is 11.6 Å². The summed E-state index contributed by atoms with van der Waals surface area (Å²) < 4.78 is 22.0. The van der Waals surface area contributed by atoms with Gasteiger partial charge in [0.1, 0.15) is 42.0 Å². The van der Waals surface area contributed by atoms with Crippen LogP contribution >= 0.6 is 0 Å². The second-order valence-electron chi connectivity index (χ2n) is 9.07. The Hall–Kier alpha value is -1.83. The lowest BCUT2D eigenvalue weighted by atomic mass is 9.28. The van der Waals surface area contributed by atoms with Crippen molar-refractivity contribution in [2.24, 2.45) is 0 Å². The van der Waals surface area contributed by atoms with Crippen molar-refractivity contribution in [2.45, 2.75) is 40.7 Å². The van der Waals surface area contributed by atoms with Crippen molar-refractivity contribution in [1.29, 1.82) is 0 Å². The monoisotopic (exact) mass is 483 g/mol. The molecule has 1 aromatic heterocycles. The molecule has 0 amide bonds. The maximum Gasteiger partial charge on any atom is 0.194 e. The summed E-state index contributed by atoms with van der Waals surface area (Å²) in [5, 5.41) is 4.97. The van der Waals surface area contributed by atoms with Crippen LogP contribution in [0.3, 0.4) is 0 Å². The molecule has 7 nitrogen and oxygen atoms in total. The van der Waals surface area contributed by atoms with E-state index in [1.807, 2.05) is 0 Å². The van der Waals surface area contributed by atoms with Crippen LogP contribution in [0.4, 0.5) is 0 Å². The zero-order valence-electron chi connectivity index (χ0n) is 20.6. The molecule has 2 atom stereocenters. The Morgan fingerprint density at radius 1 is 1.05 bits per heavy atom. The highest BCUT2D eigenvalue weighted by Gasteiger charge is 2.43. The Morgan fingerprint density at radius 3 is 2.24 bits per heavy atom. The zero-order chi connectivity index (χ0) is 27.6. The predicted molar refractivity (Wildman–Crippen MR) is 147 cm³/mol. The van der Waals surface area contributed by atoms with Crippen molar-refractivity contribution < 1.29 is 24.1 Å². The average Bonchev–Trinajstić information content (AvgIpc) is 2.82. The number of aromatic amines is 1. The number of rotatable bonds is 10. The molecule has 15 heteroatoms. The molecule has 16 radical (unpaired) electrons. The molecule has 2 N–H and O–H groups in total. The lowest BCUT2D eigenvalue weighted by molar-refractivity contribution is -0.102. The molecule has 1 aliphatic rings. The van der Waals surface area contributed by atoms with Crippen molar-refractivity contribution in [1.82, 2.24) is 4.98 Å². The molecule has 1 saturated heterocycles. The molecular weight excluding hydrogens is 461 g/mol. The summed E-state index contributed by atoms with van der Waals surface area (Å²) in [4.78, 5) is 15.8. The maximum atomic E-state index is 12.9. The third kappa shape index (κ3) is 6.43. The Morgan fingerprint density at radius 2 is 1.70 bits per heavy atom. The molecule has 0 aliphatic carbocycles. The Bertz CT molecular complexity index is 1130. The number of H-pyrrole nitrogens is 1. The van der Waals surface area contributed by atoms with E-state index < -0.39 is 26.7 Å². The Labute approximate surface area is 227 Å². The highest BCUT2D eigenvalue weighted by Crippen LogP contribution is 2.38. The smallest absolute Gasteiger partial charge is 0.194 e. The summed E-state index contributed by atoms with van der Waals surface area (Å²) in [5.74, 6) is 0.184. The first kappa shape index (κ1) is 29.7. The van der Waals surface area contributed by atoms with E-state index in [2.05, 4.69) is 4.98 Å². The fraction of sp³-hybridized carbons (Fsp3) is 0.500. The van der Waals surface area contributed by atoms with Gasteiger partial charge in [-0.1, -0.05) is 19.1 Å². The van der Waals surface area contributed by atoms with Gasteiger partial charge in [0, 0.05) is 28.2 Å². The average molecular weight is 482 g/mol. The number of benzene rings is 1. The second kappa shape index (κ2) is 11.1. The molecule has 0 saturated carbocycles. The fourth-order valence-electron chi connectivity index (χ4n) is 3.65. The van der Waals surface area contributed by atoms with Gasteiger partial charge in [-0.15, -0.1) is 5.11 Å². The topological polar surface area (TPSA) is 90.0 Å². The molecule has 0 bridgehead atoms. The second-order valence-corrected chi connectivity index (χ2v) is 9.07. The van der Waals surface area contributed by atoms with Crippen molar-refractivity contribution in [3.05, 3.63) is 57.4 Å². The quantitative estimate of drug-likeness (QED) is 0.389.